The lowest BCUT2D eigenvalue weighted by atomic mass is 9.95. The van der Waals surface area contributed by atoms with Gasteiger partial charge < -0.3 is 4.74 Å². The van der Waals surface area contributed by atoms with E-state index in [1.54, 1.807) is 0 Å². The van der Waals surface area contributed by atoms with Gasteiger partial charge in [0.25, 0.3) is 0 Å². The number of rotatable bonds is 3. The lowest BCUT2D eigenvalue weighted by Gasteiger charge is -2.21. The first-order valence-electron chi connectivity index (χ1n) is 6.45. The standard InChI is InChI=1S/C15H21ClO/c1-10(2)12-4-6-13(7-5-12)14(16)15-11(3)8-9-17-15/h4-7,10-11,14-15H,8-9H2,1-3H3. The molecule has 1 aliphatic rings. The van der Waals surface area contributed by atoms with Crippen molar-refractivity contribution >= 4 is 11.6 Å². The van der Waals surface area contributed by atoms with Crippen molar-refractivity contribution in [3.05, 3.63) is 35.4 Å². The van der Waals surface area contributed by atoms with Crippen LogP contribution in [-0.4, -0.2) is 12.7 Å². The van der Waals surface area contributed by atoms with Gasteiger partial charge in [0.05, 0.1) is 11.5 Å². The molecule has 1 fully saturated rings. The van der Waals surface area contributed by atoms with E-state index in [0.29, 0.717) is 11.8 Å². The molecule has 3 atom stereocenters. The average molecular weight is 253 g/mol. The molecule has 17 heavy (non-hydrogen) atoms. The van der Waals surface area contributed by atoms with Crippen molar-refractivity contribution in [2.45, 2.75) is 44.6 Å². The van der Waals surface area contributed by atoms with Crippen molar-refractivity contribution < 1.29 is 4.74 Å². The summed E-state index contributed by atoms with van der Waals surface area (Å²) < 4.78 is 5.73. The molecular formula is C15H21ClO. The highest BCUT2D eigenvalue weighted by molar-refractivity contribution is 6.21. The van der Waals surface area contributed by atoms with Gasteiger partial charge in [0, 0.05) is 6.61 Å². The van der Waals surface area contributed by atoms with Gasteiger partial charge in [-0.15, -0.1) is 11.6 Å². The molecule has 0 N–H and O–H groups in total. The minimum atomic E-state index is -0.0197. The van der Waals surface area contributed by atoms with Gasteiger partial charge in [-0.2, -0.15) is 0 Å². The fraction of sp³-hybridized carbons (Fsp3) is 0.600. The molecule has 3 unspecified atom stereocenters. The normalized spacial score (nSPS) is 26.4. The molecule has 0 saturated carbocycles. The van der Waals surface area contributed by atoms with Gasteiger partial charge in [0.1, 0.15) is 0 Å². The summed E-state index contributed by atoms with van der Waals surface area (Å²) in [6.45, 7) is 7.47. The Hall–Kier alpha value is -0.530. The summed E-state index contributed by atoms with van der Waals surface area (Å²) in [5.41, 5.74) is 2.54. The van der Waals surface area contributed by atoms with Crippen molar-refractivity contribution in [2.75, 3.05) is 6.61 Å². The lowest BCUT2D eigenvalue weighted by Crippen LogP contribution is -2.19. The average Bonchev–Trinajstić information content (AvgIpc) is 2.74. The maximum absolute atomic E-state index is 6.51. The molecule has 0 bridgehead atoms. The highest BCUT2D eigenvalue weighted by Crippen LogP contribution is 2.36. The van der Waals surface area contributed by atoms with E-state index < -0.39 is 0 Å². The third kappa shape index (κ3) is 2.83. The van der Waals surface area contributed by atoms with Crippen LogP contribution in [0.2, 0.25) is 0 Å². The Morgan fingerprint density at radius 1 is 1.18 bits per heavy atom. The first-order valence-corrected chi connectivity index (χ1v) is 6.88. The fourth-order valence-corrected chi connectivity index (χ4v) is 2.81. The van der Waals surface area contributed by atoms with E-state index in [2.05, 4.69) is 45.0 Å². The molecular weight excluding hydrogens is 232 g/mol. The van der Waals surface area contributed by atoms with Crippen LogP contribution >= 0.6 is 11.6 Å². The number of alkyl halides is 1. The van der Waals surface area contributed by atoms with Gasteiger partial charge in [-0.3, -0.25) is 0 Å². The van der Waals surface area contributed by atoms with Crippen LogP contribution in [0.1, 0.15) is 49.6 Å². The predicted molar refractivity (Wildman–Crippen MR) is 72.6 cm³/mol. The Morgan fingerprint density at radius 2 is 1.76 bits per heavy atom. The number of halogens is 1. The Kier molecular flexibility index (Phi) is 4.11. The van der Waals surface area contributed by atoms with Crippen LogP contribution in [-0.2, 0) is 4.74 Å². The van der Waals surface area contributed by atoms with E-state index in [1.807, 2.05) is 0 Å². The second-order valence-corrected chi connectivity index (χ2v) is 5.79. The molecule has 1 saturated heterocycles. The highest BCUT2D eigenvalue weighted by Gasteiger charge is 2.31. The van der Waals surface area contributed by atoms with Gasteiger partial charge in [0.2, 0.25) is 0 Å². The van der Waals surface area contributed by atoms with Crippen LogP contribution < -0.4 is 0 Å². The maximum Gasteiger partial charge on any atom is 0.0849 e. The minimum Gasteiger partial charge on any atom is -0.376 e. The monoisotopic (exact) mass is 252 g/mol. The quantitative estimate of drug-likeness (QED) is 0.719. The van der Waals surface area contributed by atoms with Crippen LogP contribution in [0.4, 0.5) is 0 Å². The lowest BCUT2D eigenvalue weighted by molar-refractivity contribution is 0.0903. The minimum absolute atomic E-state index is 0.0197. The molecule has 1 heterocycles. The van der Waals surface area contributed by atoms with Crippen molar-refractivity contribution in [1.29, 1.82) is 0 Å². The Labute approximate surface area is 109 Å². The zero-order valence-corrected chi connectivity index (χ0v) is 11.6. The second-order valence-electron chi connectivity index (χ2n) is 5.32. The van der Waals surface area contributed by atoms with E-state index in [9.17, 15) is 0 Å². The molecule has 0 aromatic heterocycles. The molecule has 1 aromatic rings. The number of hydrogen-bond acceptors (Lipinski definition) is 1. The summed E-state index contributed by atoms with van der Waals surface area (Å²) in [7, 11) is 0. The van der Waals surface area contributed by atoms with Gasteiger partial charge in [-0.25, -0.2) is 0 Å². The van der Waals surface area contributed by atoms with E-state index in [1.165, 1.54) is 11.1 Å². The topological polar surface area (TPSA) is 9.23 Å². The smallest absolute Gasteiger partial charge is 0.0849 e. The van der Waals surface area contributed by atoms with Crippen molar-refractivity contribution in [1.82, 2.24) is 0 Å². The molecule has 1 aromatic carbocycles. The van der Waals surface area contributed by atoms with E-state index in [0.717, 1.165) is 13.0 Å². The summed E-state index contributed by atoms with van der Waals surface area (Å²) in [5.74, 6) is 1.13. The predicted octanol–water partition coefficient (Wildman–Crippen LogP) is 4.51. The summed E-state index contributed by atoms with van der Waals surface area (Å²) in [5, 5.41) is -0.0197. The van der Waals surface area contributed by atoms with Crippen LogP contribution in [0.5, 0.6) is 0 Å². The van der Waals surface area contributed by atoms with Gasteiger partial charge in [-0.05, 0) is 29.4 Å². The number of hydrogen-bond donors (Lipinski definition) is 0. The van der Waals surface area contributed by atoms with E-state index >= 15 is 0 Å². The molecule has 0 amide bonds. The first kappa shape index (κ1) is 12.9. The highest BCUT2D eigenvalue weighted by atomic mass is 35.5. The third-order valence-corrected chi connectivity index (χ3v) is 4.15. The largest absolute Gasteiger partial charge is 0.376 e. The van der Waals surface area contributed by atoms with Gasteiger partial charge in [-0.1, -0.05) is 45.0 Å². The summed E-state index contributed by atoms with van der Waals surface area (Å²) in [6, 6.07) is 8.63. The van der Waals surface area contributed by atoms with Crippen molar-refractivity contribution in [3.63, 3.8) is 0 Å². The summed E-state index contributed by atoms with van der Waals surface area (Å²) >= 11 is 6.51. The molecule has 0 radical (unpaired) electrons. The molecule has 1 aliphatic heterocycles. The number of benzene rings is 1. The first-order chi connectivity index (χ1) is 8.09. The maximum atomic E-state index is 6.51. The molecule has 2 rings (SSSR count). The summed E-state index contributed by atoms with van der Waals surface area (Å²) in [4.78, 5) is 0. The zero-order valence-electron chi connectivity index (χ0n) is 10.8. The Bertz CT molecular complexity index is 358. The third-order valence-electron chi connectivity index (χ3n) is 3.65. The molecule has 94 valence electrons. The SMILES string of the molecule is CC(C)c1ccc(C(Cl)C2OCCC2C)cc1. The van der Waals surface area contributed by atoms with Crippen LogP contribution in [0, 0.1) is 5.92 Å². The van der Waals surface area contributed by atoms with Gasteiger partial charge >= 0.3 is 0 Å². The van der Waals surface area contributed by atoms with E-state index in [4.69, 9.17) is 16.3 Å². The molecule has 1 nitrogen and oxygen atoms in total. The molecule has 0 spiro atoms. The second kappa shape index (κ2) is 5.41. The molecule has 0 aliphatic carbocycles. The van der Waals surface area contributed by atoms with Crippen LogP contribution in [0.3, 0.4) is 0 Å². The van der Waals surface area contributed by atoms with E-state index in [-0.39, 0.29) is 11.5 Å². The van der Waals surface area contributed by atoms with Gasteiger partial charge in [0.15, 0.2) is 0 Å². The van der Waals surface area contributed by atoms with Crippen molar-refractivity contribution in [2.24, 2.45) is 5.92 Å². The summed E-state index contributed by atoms with van der Waals surface area (Å²) in [6.07, 6.45) is 1.29. The Balaban J connectivity index is 2.11. The molecule has 2 heteroatoms. The number of ether oxygens (including phenoxy) is 1. The van der Waals surface area contributed by atoms with Crippen LogP contribution in [0.25, 0.3) is 0 Å². The van der Waals surface area contributed by atoms with Crippen LogP contribution in [0.15, 0.2) is 24.3 Å². The zero-order chi connectivity index (χ0) is 12.4. The Morgan fingerprint density at radius 3 is 2.24 bits per heavy atom. The van der Waals surface area contributed by atoms with Crippen molar-refractivity contribution in [3.8, 4) is 0 Å². The fourth-order valence-electron chi connectivity index (χ4n) is 2.35.